The van der Waals surface area contributed by atoms with Gasteiger partial charge in [0.25, 0.3) is 0 Å². The van der Waals surface area contributed by atoms with E-state index < -0.39 is 0 Å². The lowest BCUT2D eigenvalue weighted by Gasteiger charge is -2.33. The van der Waals surface area contributed by atoms with E-state index in [1.54, 1.807) is 0 Å². The Bertz CT molecular complexity index is 3720. The zero-order valence-corrected chi connectivity index (χ0v) is 38.9. The van der Waals surface area contributed by atoms with Crippen LogP contribution in [0.3, 0.4) is 0 Å². The van der Waals surface area contributed by atoms with E-state index in [0.29, 0.717) is 0 Å². The van der Waals surface area contributed by atoms with Crippen molar-refractivity contribution in [1.29, 1.82) is 0 Å². The molecule has 0 radical (unpaired) electrons. The van der Waals surface area contributed by atoms with E-state index in [4.69, 9.17) is 0 Å². The first-order chi connectivity index (χ1) is 34.0. The van der Waals surface area contributed by atoms with E-state index in [1.165, 1.54) is 106 Å². The lowest BCUT2D eigenvalue weighted by Crippen LogP contribution is -2.18. The van der Waals surface area contributed by atoms with Crippen molar-refractivity contribution in [2.24, 2.45) is 0 Å². The van der Waals surface area contributed by atoms with Crippen LogP contribution in [0, 0.1) is 0 Å². The molecule has 0 fully saturated rings. The van der Waals surface area contributed by atoms with Crippen molar-refractivity contribution in [1.82, 2.24) is 4.57 Å². The number of allylic oxidation sites excluding steroid dienone is 1. The van der Waals surface area contributed by atoms with Crippen LogP contribution in [-0.2, 0) is 5.41 Å². The predicted octanol–water partition coefficient (Wildman–Crippen LogP) is 18.1. The minimum atomic E-state index is -0.153. The quantitative estimate of drug-likeness (QED) is 0.148. The molecular formula is C67H50N2. The molecule has 1 heterocycles. The Morgan fingerprint density at radius 2 is 0.971 bits per heavy atom. The van der Waals surface area contributed by atoms with Crippen LogP contribution >= 0.6 is 0 Å². The standard InChI is InChI=1S/C67H50N2/c1-67(2)61-27-12-8-23-56(61)57-41-40-52(44-62(57)67)68(51-38-35-48(36-39-51)47-33-31-46(32-34-47)45-17-4-3-5-18-45)66-42-37-50(43-60(66)55-26-16-20-49-19-6-7-21-53(49)55)54-22-9-13-28-63(54)69-64-29-14-10-24-58(64)59-25-11-15-30-65(59)69/h3-25,27-44,55H,26H2,1-2H3. The zero-order chi connectivity index (χ0) is 46.1. The van der Waals surface area contributed by atoms with Gasteiger partial charge in [-0.05, 0) is 128 Å². The molecule has 0 N–H and O–H groups in total. The molecule has 69 heavy (non-hydrogen) atoms. The van der Waals surface area contributed by atoms with Gasteiger partial charge in [-0.3, -0.25) is 0 Å². The van der Waals surface area contributed by atoms with Crippen LogP contribution in [-0.4, -0.2) is 4.57 Å². The monoisotopic (exact) mass is 882 g/mol. The smallest absolute Gasteiger partial charge is 0.0541 e. The molecule has 10 aromatic carbocycles. The predicted molar refractivity (Wildman–Crippen MR) is 291 cm³/mol. The number of para-hydroxylation sites is 3. The molecule has 11 aromatic rings. The third kappa shape index (κ3) is 6.78. The highest BCUT2D eigenvalue weighted by Gasteiger charge is 2.36. The topological polar surface area (TPSA) is 8.17 Å². The summed E-state index contributed by atoms with van der Waals surface area (Å²) < 4.78 is 2.46. The van der Waals surface area contributed by atoms with Gasteiger partial charge >= 0.3 is 0 Å². The summed E-state index contributed by atoms with van der Waals surface area (Å²) in [7, 11) is 0. The largest absolute Gasteiger partial charge is 0.310 e. The van der Waals surface area contributed by atoms with E-state index in [9.17, 15) is 0 Å². The van der Waals surface area contributed by atoms with Crippen molar-refractivity contribution < 1.29 is 0 Å². The zero-order valence-electron chi connectivity index (χ0n) is 38.9. The Kier molecular flexibility index (Phi) is 9.69. The second-order valence-corrected chi connectivity index (χ2v) is 19.2. The summed E-state index contributed by atoms with van der Waals surface area (Å²) in [5.74, 6) is 0.126. The number of anilines is 3. The van der Waals surface area contributed by atoms with Gasteiger partial charge in [0.2, 0.25) is 0 Å². The molecule has 2 heteroatoms. The van der Waals surface area contributed by atoms with Crippen LogP contribution in [0.25, 0.3) is 78.1 Å². The molecule has 0 spiro atoms. The third-order valence-corrected chi connectivity index (χ3v) is 15.0. The molecule has 1 atom stereocenters. The van der Waals surface area contributed by atoms with Crippen LogP contribution in [0.15, 0.2) is 243 Å². The van der Waals surface area contributed by atoms with Crippen LogP contribution in [0.5, 0.6) is 0 Å². The first-order valence-electron chi connectivity index (χ1n) is 24.3. The lowest BCUT2D eigenvalue weighted by molar-refractivity contribution is 0.660. The van der Waals surface area contributed by atoms with Crippen LogP contribution < -0.4 is 4.90 Å². The highest BCUT2D eigenvalue weighted by atomic mass is 15.1. The molecule has 1 aromatic heterocycles. The van der Waals surface area contributed by atoms with Gasteiger partial charge in [0.05, 0.1) is 16.7 Å². The van der Waals surface area contributed by atoms with Crippen molar-refractivity contribution in [3.05, 3.63) is 270 Å². The van der Waals surface area contributed by atoms with Gasteiger partial charge in [0.1, 0.15) is 0 Å². The van der Waals surface area contributed by atoms with Gasteiger partial charge in [0, 0.05) is 44.7 Å². The first kappa shape index (κ1) is 40.8. The average molecular weight is 883 g/mol. The second-order valence-electron chi connectivity index (χ2n) is 19.2. The Morgan fingerprint density at radius 1 is 0.420 bits per heavy atom. The molecule has 0 saturated heterocycles. The second kappa shape index (κ2) is 16.4. The van der Waals surface area contributed by atoms with Gasteiger partial charge < -0.3 is 9.47 Å². The molecule has 2 aliphatic rings. The molecule has 2 aliphatic carbocycles. The van der Waals surface area contributed by atoms with Crippen molar-refractivity contribution in [3.8, 4) is 50.2 Å². The minimum Gasteiger partial charge on any atom is -0.310 e. The maximum Gasteiger partial charge on any atom is 0.0541 e. The van der Waals surface area contributed by atoms with E-state index >= 15 is 0 Å². The summed E-state index contributed by atoms with van der Waals surface area (Å²) >= 11 is 0. The van der Waals surface area contributed by atoms with Crippen LogP contribution in [0.4, 0.5) is 17.1 Å². The molecule has 328 valence electrons. The highest BCUT2D eigenvalue weighted by molar-refractivity contribution is 6.09. The molecule has 0 saturated carbocycles. The van der Waals surface area contributed by atoms with Crippen LogP contribution in [0.2, 0.25) is 0 Å². The number of hydrogen-bond acceptors (Lipinski definition) is 1. The normalized spacial score (nSPS) is 14.4. The van der Waals surface area contributed by atoms with E-state index in [2.05, 4.69) is 272 Å². The number of aromatic nitrogens is 1. The SMILES string of the molecule is CC1(C)c2ccccc2-c2ccc(N(c3ccc(-c4ccc(-c5ccccc5)cc4)cc3)c3ccc(-c4ccccc4-n4c5ccccc5c5ccccc54)cc3C3CC=Cc4ccccc43)cc21. The Morgan fingerprint density at radius 3 is 1.71 bits per heavy atom. The maximum atomic E-state index is 2.53. The van der Waals surface area contributed by atoms with Crippen LogP contribution in [0.1, 0.15) is 54.0 Å². The molecule has 0 aliphatic heterocycles. The van der Waals surface area contributed by atoms with Gasteiger partial charge in [-0.1, -0.05) is 208 Å². The number of fused-ring (bicyclic) bond motifs is 7. The Labute approximate surface area is 404 Å². The number of benzene rings is 10. The average Bonchev–Trinajstić information content (AvgIpc) is 3.87. The highest BCUT2D eigenvalue weighted by Crippen LogP contribution is 2.52. The van der Waals surface area contributed by atoms with Gasteiger partial charge in [-0.25, -0.2) is 0 Å². The van der Waals surface area contributed by atoms with Gasteiger partial charge in [0.15, 0.2) is 0 Å². The van der Waals surface area contributed by atoms with E-state index in [0.717, 1.165) is 17.8 Å². The first-order valence-corrected chi connectivity index (χ1v) is 24.3. The van der Waals surface area contributed by atoms with E-state index in [-0.39, 0.29) is 11.3 Å². The molecule has 2 nitrogen and oxygen atoms in total. The molecule has 0 amide bonds. The molecule has 13 rings (SSSR count). The van der Waals surface area contributed by atoms with Crippen molar-refractivity contribution in [2.45, 2.75) is 31.6 Å². The third-order valence-electron chi connectivity index (χ3n) is 15.0. The summed E-state index contributed by atoms with van der Waals surface area (Å²) in [5, 5.41) is 2.52. The van der Waals surface area contributed by atoms with Gasteiger partial charge in [-0.15, -0.1) is 0 Å². The van der Waals surface area contributed by atoms with Crippen molar-refractivity contribution >= 4 is 44.9 Å². The summed E-state index contributed by atoms with van der Waals surface area (Å²) in [6.07, 6.45) is 5.57. The fraction of sp³-hybridized carbons (Fsp3) is 0.0746. The number of nitrogens with zero attached hydrogens (tertiary/aromatic N) is 2. The van der Waals surface area contributed by atoms with Gasteiger partial charge in [-0.2, -0.15) is 0 Å². The van der Waals surface area contributed by atoms with Crippen molar-refractivity contribution in [2.75, 3.05) is 4.90 Å². The number of rotatable bonds is 8. The van der Waals surface area contributed by atoms with E-state index in [1.807, 2.05) is 0 Å². The number of hydrogen-bond donors (Lipinski definition) is 0. The minimum absolute atomic E-state index is 0.126. The summed E-state index contributed by atoms with van der Waals surface area (Å²) in [4.78, 5) is 2.53. The maximum absolute atomic E-state index is 2.53. The van der Waals surface area contributed by atoms with Crippen molar-refractivity contribution in [3.63, 3.8) is 0 Å². The molecular weight excluding hydrogens is 833 g/mol. The fourth-order valence-electron chi connectivity index (χ4n) is 11.6. The fourth-order valence-corrected chi connectivity index (χ4v) is 11.6. The summed E-state index contributed by atoms with van der Waals surface area (Å²) in [5.41, 5.74) is 23.4. The molecule has 0 bridgehead atoms. The Hall–Kier alpha value is -8.46. The Balaban J connectivity index is 1.01. The lowest BCUT2D eigenvalue weighted by atomic mass is 9.80. The molecule has 1 unspecified atom stereocenters. The summed E-state index contributed by atoms with van der Waals surface area (Å²) in [6, 6.07) is 87.7. The summed E-state index contributed by atoms with van der Waals surface area (Å²) in [6.45, 7) is 4.76.